The first kappa shape index (κ1) is 19.8. The highest BCUT2D eigenvalue weighted by Gasteiger charge is 2.45. The maximum atomic E-state index is 12.8. The number of benzene rings is 1. The number of hydrogen-bond donors (Lipinski definition) is 1. The number of Topliss-reactive ketones (excluding diaryl/α,β-unsaturated/α-hetero) is 1. The SMILES string of the molecule is CCc1ccc(/C(O)=C2/C(=O)C(=O)N(CCN(C)C)C2c2cccnc2)cc1. The van der Waals surface area contributed by atoms with Crippen molar-refractivity contribution in [1.82, 2.24) is 14.8 Å². The van der Waals surface area contributed by atoms with Gasteiger partial charge in [-0.05, 0) is 37.7 Å². The van der Waals surface area contributed by atoms with Crippen molar-refractivity contribution in [2.75, 3.05) is 27.2 Å². The lowest BCUT2D eigenvalue weighted by atomic mass is 9.96. The van der Waals surface area contributed by atoms with E-state index in [-0.39, 0.29) is 11.3 Å². The monoisotopic (exact) mass is 379 g/mol. The molecule has 3 rings (SSSR count). The van der Waals surface area contributed by atoms with Crippen LogP contribution in [0.4, 0.5) is 0 Å². The lowest BCUT2D eigenvalue weighted by Crippen LogP contribution is -2.35. The zero-order valence-corrected chi connectivity index (χ0v) is 16.4. The van der Waals surface area contributed by atoms with Crippen LogP contribution in [0.2, 0.25) is 0 Å². The summed E-state index contributed by atoms with van der Waals surface area (Å²) >= 11 is 0. The smallest absolute Gasteiger partial charge is 0.295 e. The number of nitrogens with zero attached hydrogens (tertiary/aromatic N) is 3. The molecule has 28 heavy (non-hydrogen) atoms. The normalized spacial score (nSPS) is 18.9. The first-order valence-electron chi connectivity index (χ1n) is 9.36. The highest BCUT2D eigenvalue weighted by molar-refractivity contribution is 6.46. The number of ketones is 1. The molecule has 1 aromatic carbocycles. The first-order valence-corrected chi connectivity index (χ1v) is 9.36. The van der Waals surface area contributed by atoms with E-state index < -0.39 is 17.7 Å². The van der Waals surface area contributed by atoms with Gasteiger partial charge < -0.3 is 14.9 Å². The molecule has 0 aliphatic carbocycles. The predicted molar refractivity (Wildman–Crippen MR) is 108 cm³/mol. The molecule has 1 saturated heterocycles. The van der Waals surface area contributed by atoms with Gasteiger partial charge in [-0.1, -0.05) is 37.3 Å². The molecule has 0 bridgehead atoms. The summed E-state index contributed by atoms with van der Waals surface area (Å²) in [4.78, 5) is 33.2. The fourth-order valence-corrected chi connectivity index (χ4v) is 3.36. The minimum atomic E-state index is -0.662. The Morgan fingerprint density at radius 2 is 1.89 bits per heavy atom. The molecule has 6 heteroatoms. The molecule has 1 amide bonds. The van der Waals surface area contributed by atoms with Crippen LogP contribution in [-0.4, -0.2) is 58.8 Å². The van der Waals surface area contributed by atoms with Gasteiger partial charge in [0.1, 0.15) is 5.76 Å². The molecule has 0 spiro atoms. The van der Waals surface area contributed by atoms with Gasteiger partial charge in [-0.3, -0.25) is 14.6 Å². The fourth-order valence-electron chi connectivity index (χ4n) is 3.36. The van der Waals surface area contributed by atoms with Crippen molar-refractivity contribution in [2.45, 2.75) is 19.4 Å². The number of aliphatic hydroxyl groups excluding tert-OH is 1. The average Bonchev–Trinajstić information content (AvgIpc) is 2.97. The summed E-state index contributed by atoms with van der Waals surface area (Å²) in [5.41, 5.74) is 2.47. The van der Waals surface area contributed by atoms with Crippen molar-refractivity contribution in [3.05, 3.63) is 71.1 Å². The van der Waals surface area contributed by atoms with Crippen LogP contribution in [0.25, 0.3) is 5.76 Å². The van der Waals surface area contributed by atoms with E-state index in [4.69, 9.17) is 0 Å². The number of amides is 1. The van der Waals surface area contributed by atoms with Gasteiger partial charge in [-0.15, -0.1) is 0 Å². The van der Waals surface area contributed by atoms with Gasteiger partial charge in [0, 0.05) is 31.0 Å². The van der Waals surface area contributed by atoms with E-state index in [0.717, 1.165) is 12.0 Å². The largest absolute Gasteiger partial charge is 0.507 e. The molecule has 1 aliphatic heterocycles. The lowest BCUT2D eigenvalue weighted by Gasteiger charge is -2.26. The van der Waals surface area contributed by atoms with Gasteiger partial charge in [-0.2, -0.15) is 0 Å². The average molecular weight is 379 g/mol. The third-order valence-corrected chi connectivity index (χ3v) is 4.96. The number of aromatic nitrogens is 1. The summed E-state index contributed by atoms with van der Waals surface area (Å²) in [7, 11) is 3.82. The van der Waals surface area contributed by atoms with E-state index in [1.807, 2.05) is 44.1 Å². The quantitative estimate of drug-likeness (QED) is 0.474. The summed E-state index contributed by atoms with van der Waals surface area (Å²) in [5, 5.41) is 10.9. The zero-order chi connectivity index (χ0) is 20.3. The van der Waals surface area contributed by atoms with Crippen LogP contribution < -0.4 is 0 Å². The molecule has 0 radical (unpaired) electrons. The summed E-state index contributed by atoms with van der Waals surface area (Å²) in [6.07, 6.45) is 4.15. The third-order valence-electron chi connectivity index (χ3n) is 4.96. The van der Waals surface area contributed by atoms with Gasteiger partial charge in [-0.25, -0.2) is 0 Å². The molecule has 1 aromatic heterocycles. The number of carbonyl (C=O) groups excluding carboxylic acids is 2. The lowest BCUT2D eigenvalue weighted by molar-refractivity contribution is -0.140. The van der Waals surface area contributed by atoms with Crippen LogP contribution in [0, 0.1) is 0 Å². The number of carbonyl (C=O) groups is 2. The molecule has 1 atom stereocenters. The van der Waals surface area contributed by atoms with Crippen LogP contribution in [-0.2, 0) is 16.0 Å². The Kier molecular flexibility index (Phi) is 5.90. The number of hydrogen-bond acceptors (Lipinski definition) is 5. The van der Waals surface area contributed by atoms with E-state index >= 15 is 0 Å². The van der Waals surface area contributed by atoms with Gasteiger partial charge >= 0.3 is 0 Å². The molecular formula is C22H25N3O3. The van der Waals surface area contributed by atoms with E-state index in [1.165, 1.54) is 4.90 Å². The van der Waals surface area contributed by atoms with Gasteiger partial charge in [0.25, 0.3) is 11.7 Å². The summed E-state index contributed by atoms with van der Waals surface area (Å²) in [6.45, 7) is 3.03. The Hall–Kier alpha value is -2.99. The molecule has 2 heterocycles. The Balaban J connectivity index is 2.10. The molecule has 1 fully saturated rings. The summed E-state index contributed by atoms with van der Waals surface area (Å²) < 4.78 is 0. The van der Waals surface area contributed by atoms with Crippen LogP contribution in [0.1, 0.15) is 29.7 Å². The van der Waals surface area contributed by atoms with Crippen LogP contribution in [0.3, 0.4) is 0 Å². The third kappa shape index (κ3) is 3.82. The van der Waals surface area contributed by atoms with Crippen molar-refractivity contribution in [3.63, 3.8) is 0 Å². The number of aryl methyl sites for hydroxylation is 1. The molecular weight excluding hydrogens is 354 g/mol. The number of pyridine rings is 1. The van der Waals surface area contributed by atoms with Gasteiger partial charge in [0.2, 0.25) is 0 Å². The van der Waals surface area contributed by atoms with E-state index in [0.29, 0.717) is 24.2 Å². The van der Waals surface area contributed by atoms with Crippen molar-refractivity contribution < 1.29 is 14.7 Å². The number of likely N-dealkylation sites (tertiary alicyclic amines) is 1. The fraction of sp³-hybridized carbons (Fsp3) is 0.318. The Labute approximate surface area is 165 Å². The highest BCUT2D eigenvalue weighted by atomic mass is 16.3. The highest BCUT2D eigenvalue weighted by Crippen LogP contribution is 2.38. The van der Waals surface area contributed by atoms with Gasteiger partial charge in [0.05, 0.1) is 11.6 Å². The minimum Gasteiger partial charge on any atom is -0.507 e. The van der Waals surface area contributed by atoms with Crippen LogP contribution in [0.5, 0.6) is 0 Å². The Bertz CT molecular complexity index is 889. The predicted octanol–water partition coefficient (Wildman–Crippen LogP) is 2.63. The topological polar surface area (TPSA) is 73.7 Å². The molecule has 0 saturated carbocycles. The van der Waals surface area contributed by atoms with Crippen molar-refractivity contribution in [1.29, 1.82) is 0 Å². The van der Waals surface area contributed by atoms with Crippen LogP contribution in [0.15, 0.2) is 54.4 Å². The zero-order valence-electron chi connectivity index (χ0n) is 16.4. The van der Waals surface area contributed by atoms with Gasteiger partial charge in [0.15, 0.2) is 0 Å². The molecule has 6 nitrogen and oxygen atoms in total. The second-order valence-corrected chi connectivity index (χ2v) is 7.13. The molecule has 146 valence electrons. The second kappa shape index (κ2) is 8.35. The maximum Gasteiger partial charge on any atom is 0.295 e. The van der Waals surface area contributed by atoms with E-state index in [9.17, 15) is 14.7 Å². The standard InChI is InChI=1S/C22H25N3O3/c1-4-15-7-9-16(10-8-15)20(26)18-19(17-6-5-11-23-14-17)25(13-12-24(2)3)22(28)21(18)27/h5-11,14,19,26H,4,12-13H2,1-3H3/b20-18-. The molecule has 1 unspecified atom stereocenters. The van der Waals surface area contributed by atoms with E-state index in [1.54, 1.807) is 30.6 Å². The second-order valence-electron chi connectivity index (χ2n) is 7.13. The number of aliphatic hydroxyl groups is 1. The van der Waals surface area contributed by atoms with Crippen molar-refractivity contribution >= 4 is 17.4 Å². The van der Waals surface area contributed by atoms with Crippen molar-refractivity contribution in [3.8, 4) is 0 Å². The first-order chi connectivity index (χ1) is 13.4. The maximum absolute atomic E-state index is 12.8. The summed E-state index contributed by atoms with van der Waals surface area (Å²) in [5.74, 6) is -1.41. The number of likely N-dealkylation sites (N-methyl/N-ethyl adjacent to an activating group) is 1. The summed E-state index contributed by atoms with van der Waals surface area (Å²) in [6, 6.07) is 10.3. The van der Waals surface area contributed by atoms with Crippen molar-refractivity contribution in [2.24, 2.45) is 0 Å². The van der Waals surface area contributed by atoms with E-state index in [2.05, 4.69) is 4.98 Å². The molecule has 1 aliphatic rings. The minimum absolute atomic E-state index is 0.112. The molecule has 1 N–H and O–H groups in total. The Morgan fingerprint density at radius 3 is 2.46 bits per heavy atom. The molecule has 2 aromatic rings. The Morgan fingerprint density at radius 1 is 1.18 bits per heavy atom. The number of rotatable bonds is 6. The van der Waals surface area contributed by atoms with Crippen LogP contribution >= 0.6 is 0 Å².